The second kappa shape index (κ2) is 13.7. The average molecular weight is 546 g/mol. The highest BCUT2D eigenvalue weighted by Crippen LogP contribution is 2.25. The van der Waals surface area contributed by atoms with E-state index in [0.717, 1.165) is 92.5 Å². The van der Waals surface area contributed by atoms with Crippen LogP contribution >= 0.6 is 0 Å². The predicted molar refractivity (Wildman–Crippen MR) is 160 cm³/mol. The Morgan fingerprint density at radius 2 is 1.75 bits per heavy atom. The molecule has 0 bridgehead atoms. The van der Waals surface area contributed by atoms with E-state index in [1.54, 1.807) is 0 Å². The van der Waals surface area contributed by atoms with Gasteiger partial charge < -0.3 is 25.0 Å². The van der Waals surface area contributed by atoms with Gasteiger partial charge >= 0.3 is 0 Å². The number of aliphatic hydroxyl groups excluding tert-OH is 1. The van der Waals surface area contributed by atoms with Gasteiger partial charge in [0.2, 0.25) is 5.95 Å². The average Bonchev–Trinajstić information content (AvgIpc) is 3.31. The molecule has 0 amide bonds. The number of imidazole rings is 1. The highest BCUT2D eigenvalue weighted by Gasteiger charge is 2.14. The van der Waals surface area contributed by atoms with Crippen LogP contribution in [0.4, 0.5) is 16.0 Å². The SMILES string of the molecule is Cc1ccc(CCCO)c(NCc2ccc3nc(NCCCN4CCOCC4)n(Cc4ccc(F)cc4)c3c2)c1. The van der Waals surface area contributed by atoms with Gasteiger partial charge in [-0.25, -0.2) is 9.37 Å². The quantitative estimate of drug-likeness (QED) is 0.201. The number of anilines is 2. The van der Waals surface area contributed by atoms with Gasteiger partial charge in [-0.15, -0.1) is 0 Å². The number of nitrogens with zero attached hydrogens (tertiary/aromatic N) is 3. The Bertz CT molecular complexity index is 1380. The number of ether oxygens (including phenoxy) is 1. The topological polar surface area (TPSA) is 74.6 Å². The molecule has 2 heterocycles. The van der Waals surface area contributed by atoms with Gasteiger partial charge in [0.1, 0.15) is 5.82 Å². The van der Waals surface area contributed by atoms with Crippen molar-refractivity contribution < 1.29 is 14.2 Å². The van der Waals surface area contributed by atoms with E-state index >= 15 is 0 Å². The van der Waals surface area contributed by atoms with Crippen LogP contribution < -0.4 is 10.6 Å². The van der Waals surface area contributed by atoms with Crippen molar-refractivity contribution in [3.05, 3.63) is 88.7 Å². The van der Waals surface area contributed by atoms with Gasteiger partial charge in [-0.3, -0.25) is 4.90 Å². The highest BCUT2D eigenvalue weighted by molar-refractivity contribution is 5.80. The van der Waals surface area contributed by atoms with Crippen molar-refractivity contribution in [2.45, 2.75) is 39.3 Å². The molecule has 1 saturated heterocycles. The third-order valence-corrected chi connectivity index (χ3v) is 7.46. The summed E-state index contributed by atoms with van der Waals surface area (Å²) in [6, 6.07) is 19.5. The molecule has 0 saturated carbocycles. The van der Waals surface area contributed by atoms with Crippen LogP contribution in [0.2, 0.25) is 0 Å². The van der Waals surface area contributed by atoms with E-state index in [0.29, 0.717) is 13.1 Å². The summed E-state index contributed by atoms with van der Waals surface area (Å²) in [6.45, 7) is 9.01. The minimum atomic E-state index is -0.233. The van der Waals surface area contributed by atoms with E-state index in [1.807, 2.05) is 12.1 Å². The van der Waals surface area contributed by atoms with E-state index in [4.69, 9.17) is 9.72 Å². The number of rotatable bonds is 13. The van der Waals surface area contributed by atoms with E-state index < -0.39 is 0 Å². The summed E-state index contributed by atoms with van der Waals surface area (Å²) in [4.78, 5) is 7.37. The van der Waals surface area contributed by atoms with Crippen LogP contribution in [0.15, 0.2) is 60.7 Å². The zero-order valence-corrected chi connectivity index (χ0v) is 23.3. The van der Waals surface area contributed by atoms with E-state index in [1.165, 1.54) is 23.3 Å². The monoisotopic (exact) mass is 545 g/mol. The number of aromatic nitrogens is 2. The zero-order chi connectivity index (χ0) is 27.7. The molecular formula is C32H40FN5O2. The summed E-state index contributed by atoms with van der Waals surface area (Å²) in [5.74, 6) is 0.597. The predicted octanol–water partition coefficient (Wildman–Crippen LogP) is 5.20. The molecule has 1 fully saturated rings. The third-order valence-electron chi connectivity index (χ3n) is 7.46. The van der Waals surface area contributed by atoms with Gasteiger partial charge in [0.15, 0.2) is 0 Å². The Labute approximate surface area is 236 Å². The van der Waals surface area contributed by atoms with Crippen molar-refractivity contribution >= 4 is 22.7 Å². The number of hydrogen-bond acceptors (Lipinski definition) is 6. The van der Waals surface area contributed by atoms with Crippen molar-refractivity contribution in [1.82, 2.24) is 14.5 Å². The molecule has 3 N–H and O–H groups in total. The summed E-state index contributed by atoms with van der Waals surface area (Å²) in [6.07, 6.45) is 2.60. The van der Waals surface area contributed by atoms with Gasteiger partial charge in [0, 0.05) is 38.5 Å². The van der Waals surface area contributed by atoms with Crippen molar-refractivity contribution in [2.75, 3.05) is 56.6 Å². The summed E-state index contributed by atoms with van der Waals surface area (Å²) >= 11 is 0. The van der Waals surface area contributed by atoms with Crippen molar-refractivity contribution in [2.24, 2.45) is 0 Å². The van der Waals surface area contributed by atoms with Crippen LogP contribution in [0.5, 0.6) is 0 Å². The van der Waals surface area contributed by atoms with E-state index in [9.17, 15) is 9.50 Å². The molecule has 0 spiro atoms. The molecule has 5 rings (SSSR count). The maximum Gasteiger partial charge on any atom is 0.204 e. The summed E-state index contributed by atoms with van der Waals surface area (Å²) < 4.78 is 21.2. The first-order valence-corrected chi connectivity index (χ1v) is 14.3. The van der Waals surface area contributed by atoms with Crippen LogP contribution in [0.25, 0.3) is 11.0 Å². The first-order valence-electron chi connectivity index (χ1n) is 14.3. The zero-order valence-electron chi connectivity index (χ0n) is 23.3. The van der Waals surface area contributed by atoms with Crippen molar-refractivity contribution in [1.29, 1.82) is 0 Å². The van der Waals surface area contributed by atoms with Crippen LogP contribution in [-0.2, 0) is 24.2 Å². The van der Waals surface area contributed by atoms with Gasteiger partial charge in [-0.2, -0.15) is 0 Å². The van der Waals surface area contributed by atoms with Crippen molar-refractivity contribution in [3.63, 3.8) is 0 Å². The first-order chi connectivity index (χ1) is 19.6. The molecule has 8 heteroatoms. The molecule has 212 valence electrons. The molecule has 1 aliphatic rings. The summed E-state index contributed by atoms with van der Waals surface area (Å²) in [7, 11) is 0. The number of morpholine rings is 1. The Morgan fingerprint density at radius 1 is 0.950 bits per heavy atom. The lowest BCUT2D eigenvalue weighted by atomic mass is 10.0. The second-order valence-electron chi connectivity index (χ2n) is 10.5. The Hall–Kier alpha value is -3.46. The molecule has 0 unspecified atom stereocenters. The minimum absolute atomic E-state index is 0.186. The lowest BCUT2D eigenvalue weighted by molar-refractivity contribution is 0.0378. The van der Waals surface area contributed by atoms with Gasteiger partial charge in [-0.1, -0.05) is 30.3 Å². The number of hydrogen-bond donors (Lipinski definition) is 3. The number of benzene rings is 3. The lowest BCUT2D eigenvalue weighted by Crippen LogP contribution is -2.37. The molecule has 7 nitrogen and oxygen atoms in total. The Kier molecular flexibility index (Phi) is 9.65. The van der Waals surface area contributed by atoms with Crippen molar-refractivity contribution in [3.8, 4) is 0 Å². The number of nitrogens with one attached hydrogen (secondary N) is 2. The smallest absolute Gasteiger partial charge is 0.204 e. The first kappa shape index (κ1) is 28.1. The molecule has 1 aliphatic heterocycles. The molecule has 0 aliphatic carbocycles. The molecular weight excluding hydrogens is 505 g/mol. The third kappa shape index (κ3) is 7.38. The Morgan fingerprint density at radius 3 is 2.55 bits per heavy atom. The molecule has 0 radical (unpaired) electrons. The standard InChI is InChI=1S/C32H40FN5O2/c1-24-5-9-27(4-2-17-39)30(20-24)35-22-26-8-12-29-31(21-26)38(23-25-6-10-28(33)11-7-25)32(36-29)34-13-3-14-37-15-18-40-19-16-37/h5-12,20-21,35,39H,2-4,13-19,22-23H2,1H3,(H,34,36). The molecule has 1 aromatic heterocycles. The summed E-state index contributed by atoms with van der Waals surface area (Å²) in [5.41, 5.74) is 7.67. The number of fused-ring (bicyclic) bond motifs is 1. The Balaban J connectivity index is 1.34. The van der Waals surface area contributed by atoms with Gasteiger partial charge in [0.25, 0.3) is 0 Å². The number of aryl methyl sites for hydroxylation is 2. The minimum Gasteiger partial charge on any atom is -0.396 e. The van der Waals surface area contributed by atoms with Crippen LogP contribution in [0.1, 0.15) is 35.1 Å². The fourth-order valence-electron chi connectivity index (χ4n) is 5.21. The lowest BCUT2D eigenvalue weighted by Gasteiger charge is -2.26. The highest BCUT2D eigenvalue weighted by atomic mass is 19.1. The fraction of sp³-hybridized carbons (Fsp3) is 0.406. The number of aliphatic hydroxyl groups is 1. The van der Waals surface area contributed by atoms with Crippen LogP contribution in [0.3, 0.4) is 0 Å². The molecule has 3 aromatic carbocycles. The van der Waals surface area contributed by atoms with Crippen LogP contribution in [0, 0.1) is 12.7 Å². The second-order valence-corrected chi connectivity index (χ2v) is 10.5. The number of halogens is 1. The molecule has 40 heavy (non-hydrogen) atoms. The molecule has 0 atom stereocenters. The van der Waals surface area contributed by atoms with E-state index in [2.05, 4.69) is 63.4 Å². The van der Waals surface area contributed by atoms with Crippen LogP contribution in [-0.4, -0.2) is 65.6 Å². The fourth-order valence-corrected chi connectivity index (χ4v) is 5.21. The maximum atomic E-state index is 13.6. The molecule has 4 aromatic rings. The normalized spacial score (nSPS) is 14.1. The summed E-state index contributed by atoms with van der Waals surface area (Å²) in [5, 5.41) is 16.5. The van der Waals surface area contributed by atoms with E-state index in [-0.39, 0.29) is 12.4 Å². The van der Waals surface area contributed by atoms with Gasteiger partial charge in [0.05, 0.1) is 30.8 Å². The maximum absolute atomic E-state index is 13.6. The van der Waals surface area contributed by atoms with Gasteiger partial charge in [-0.05, 0) is 85.3 Å². The largest absolute Gasteiger partial charge is 0.396 e.